The minimum atomic E-state index is -0.620. The highest BCUT2D eigenvalue weighted by atomic mass is 16.3. The molecule has 1 atom stereocenters. The van der Waals surface area contributed by atoms with Gasteiger partial charge in [-0.2, -0.15) is 0 Å². The van der Waals surface area contributed by atoms with Crippen LogP contribution in [0.2, 0.25) is 0 Å². The lowest BCUT2D eigenvalue weighted by atomic mass is 9.99. The van der Waals surface area contributed by atoms with Crippen LogP contribution in [-0.2, 0) is 0 Å². The molecule has 3 N–H and O–H groups in total. The van der Waals surface area contributed by atoms with E-state index in [1.54, 1.807) is 0 Å². The Kier molecular flexibility index (Phi) is 5.31. The summed E-state index contributed by atoms with van der Waals surface area (Å²) in [5.74, 6) is 0. The van der Waals surface area contributed by atoms with Crippen molar-refractivity contribution < 1.29 is 9.90 Å². The molecule has 3 aromatic rings. The number of rotatable bonds is 5. The Morgan fingerprint density at radius 2 is 1.72 bits per heavy atom. The Labute approximate surface area is 147 Å². The van der Waals surface area contributed by atoms with Crippen molar-refractivity contribution in [1.29, 1.82) is 0 Å². The van der Waals surface area contributed by atoms with Gasteiger partial charge in [0.1, 0.15) is 0 Å². The number of carbonyl (C=O) groups is 1. The number of hydrogen-bond donors (Lipinski definition) is 3. The molecule has 25 heavy (non-hydrogen) atoms. The second-order valence-electron chi connectivity index (χ2n) is 6.12. The molecule has 128 valence electrons. The maximum Gasteiger partial charge on any atom is 0.319 e. The van der Waals surface area contributed by atoms with Crippen molar-refractivity contribution in [3.05, 3.63) is 77.9 Å². The van der Waals surface area contributed by atoms with Gasteiger partial charge in [0.05, 0.1) is 6.10 Å². The Morgan fingerprint density at radius 1 is 1.00 bits per heavy atom. The van der Waals surface area contributed by atoms with Crippen LogP contribution in [0.25, 0.3) is 10.8 Å². The fourth-order valence-electron chi connectivity index (χ4n) is 2.83. The quantitative estimate of drug-likeness (QED) is 0.648. The standard InChI is InChI=1S/C21H22N2O2/c1-15-9-11-17(12-10-15)23-21(25)22-14-13-20(24)19-8-4-6-16-5-2-3-7-18(16)19/h2-12,20,24H,13-14H2,1H3,(H2,22,23,25). The van der Waals surface area contributed by atoms with Crippen LogP contribution in [0.3, 0.4) is 0 Å². The van der Waals surface area contributed by atoms with Gasteiger partial charge < -0.3 is 15.7 Å². The monoisotopic (exact) mass is 334 g/mol. The number of fused-ring (bicyclic) bond motifs is 1. The van der Waals surface area contributed by atoms with Gasteiger partial charge in [-0.25, -0.2) is 4.79 Å². The summed E-state index contributed by atoms with van der Waals surface area (Å²) in [6, 6.07) is 21.2. The second kappa shape index (κ2) is 7.81. The molecule has 0 bridgehead atoms. The van der Waals surface area contributed by atoms with Crippen molar-refractivity contribution in [3.8, 4) is 0 Å². The first-order valence-electron chi connectivity index (χ1n) is 8.41. The number of aliphatic hydroxyl groups excluding tert-OH is 1. The first-order valence-corrected chi connectivity index (χ1v) is 8.41. The third-order valence-corrected chi connectivity index (χ3v) is 4.20. The average molecular weight is 334 g/mol. The van der Waals surface area contributed by atoms with Gasteiger partial charge in [0.2, 0.25) is 0 Å². The fourth-order valence-corrected chi connectivity index (χ4v) is 2.83. The first kappa shape index (κ1) is 17.0. The smallest absolute Gasteiger partial charge is 0.319 e. The minimum absolute atomic E-state index is 0.269. The zero-order valence-corrected chi connectivity index (χ0v) is 14.2. The number of aryl methyl sites for hydroxylation is 1. The summed E-state index contributed by atoms with van der Waals surface area (Å²) in [6.07, 6.45) is -0.166. The molecule has 0 fully saturated rings. The summed E-state index contributed by atoms with van der Waals surface area (Å²) in [5, 5.41) is 18.2. The molecule has 0 aromatic heterocycles. The Bertz CT molecular complexity index is 854. The van der Waals surface area contributed by atoms with E-state index >= 15 is 0 Å². The molecular weight excluding hydrogens is 312 g/mol. The number of urea groups is 1. The number of carbonyl (C=O) groups excluding carboxylic acids is 1. The van der Waals surface area contributed by atoms with Crippen molar-refractivity contribution in [3.63, 3.8) is 0 Å². The number of aliphatic hydroxyl groups is 1. The van der Waals surface area contributed by atoms with E-state index in [9.17, 15) is 9.90 Å². The molecule has 0 aliphatic rings. The van der Waals surface area contributed by atoms with Crippen LogP contribution >= 0.6 is 0 Å². The predicted molar refractivity (Wildman–Crippen MR) is 102 cm³/mol. The SMILES string of the molecule is Cc1ccc(NC(=O)NCCC(O)c2cccc3ccccc23)cc1. The summed E-state index contributed by atoms with van der Waals surface area (Å²) in [4.78, 5) is 11.9. The maximum atomic E-state index is 11.9. The van der Waals surface area contributed by atoms with Crippen LogP contribution in [0.4, 0.5) is 10.5 Å². The molecule has 1 unspecified atom stereocenters. The third-order valence-electron chi connectivity index (χ3n) is 4.20. The molecule has 0 saturated carbocycles. The maximum absolute atomic E-state index is 11.9. The lowest BCUT2D eigenvalue weighted by molar-refractivity contribution is 0.169. The van der Waals surface area contributed by atoms with E-state index in [1.807, 2.05) is 73.7 Å². The molecule has 4 nitrogen and oxygen atoms in total. The van der Waals surface area contributed by atoms with E-state index in [2.05, 4.69) is 10.6 Å². The number of anilines is 1. The second-order valence-corrected chi connectivity index (χ2v) is 6.12. The summed E-state index contributed by atoms with van der Waals surface area (Å²) in [6.45, 7) is 2.39. The zero-order chi connectivity index (χ0) is 17.6. The van der Waals surface area contributed by atoms with E-state index in [0.29, 0.717) is 13.0 Å². The normalized spacial score (nSPS) is 11.9. The zero-order valence-electron chi connectivity index (χ0n) is 14.2. The lowest BCUT2D eigenvalue weighted by Gasteiger charge is -2.14. The van der Waals surface area contributed by atoms with E-state index in [4.69, 9.17) is 0 Å². The van der Waals surface area contributed by atoms with Crippen LogP contribution in [0.5, 0.6) is 0 Å². The van der Waals surface area contributed by atoms with Crippen molar-refractivity contribution in [2.75, 3.05) is 11.9 Å². The number of amides is 2. The summed E-state index contributed by atoms with van der Waals surface area (Å²) in [7, 11) is 0. The van der Waals surface area contributed by atoms with Crippen molar-refractivity contribution in [2.24, 2.45) is 0 Å². The molecule has 0 aliphatic heterocycles. The number of benzene rings is 3. The van der Waals surface area contributed by atoms with E-state index in [-0.39, 0.29) is 6.03 Å². The third kappa shape index (κ3) is 4.37. The minimum Gasteiger partial charge on any atom is -0.388 e. The highest BCUT2D eigenvalue weighted by Gasteiger charge is 2.11. The van der Waals surface area contributed by atoms with Crippen LogP contribution in [0.1, 0.15) is 23.7 Å². The largest absolute Gasteiger partial charge is 0.388 e. The summed E-state index contributed by atoms with van der Waals surface area (Å²) < 4.78 is 0. The Morgan fingerprint density at radius 3 is 2.52 bits per heavy atom. The van der Waals surface area contributed by atoms with Gasteiger partial charge in [-0.3, -0.25) is 0 Å². The molecule has 0 saturated heterocycles. The molecule has 3 rings (SSSR count). The Balaban J connectivity index is 1.54. The van der Waals surface area contributed by atoms with Crippen LogP contribution in [-0.4, -0.2) is 17.7 Å². The van der Waals surface area contributed by atoms with Crippen molar-refractivity contribution in [2.45, 2.75) is 19.4 Å². The first-order chi connectivity index (χ1) is 12.1. The summed E-state index contributed by atoms with van der Waals surface area (Å²) >= 11 is 0. The summed E-state index contributed by atoms with van der Waals surface area (Å²) in [5.41, 5.74) is 2.78. The van der Waals surface area contributed by atoms with Crippen LogP contribution in [0.15, 0.2) is 66.7 Å². The lowest BCUT2D eigenvalue weighted by Crippen LogP contribution is -2.30. The molecule has 0 radical (unpaired) electrons. The van der Waals surface area contributed by atoms with Gasteiger partial charge in [-0.1, -0.05) is 60.2 Å². The predicted octanol–water partition coefficient (Wildman–Crippen LogP) is 4.39. The van der Waals surface area contributed by atoms with Crippen LogP contribution in [0, 0.1) is 6.92 Å². The van der Waals surface area contributed by atoms with Gasteiger partial charge in [0.15, 0.2) is 0 Å². The molecule has 4 heteroatoms. The molecule has 0 spiro atoms. The number of nitrogens with one attached hydrogen (secondary N) is 2. The van der Waals surface area contributed by atoms with Gasteiger partial charge in [-0.05, 0) is 41.8 Å². The molecule has 2 amide bonds. The van der Waals surface area contributed by atoms with E-state index < -0.39 is 6.10 Å². The topological polar surface area (TPSA) is 61.4 Å². The van der Waals surface area contributed by atoms with Crippen molar-refractivity contribution in [1.82, 2.24) is 5.32 Å². The fraction of sp³-hybridized carbons (Fsp3) is 0.190. The molecule has 0 heterocycles. The van der Waals surface area contributed by atoms with Gasteiger partial charge in [0.25, 0.3) is 0 Å². The van der Waals surface area contributed by atoms with Gasteiger partial charge >= 0.3 is 6.03 Å². The molecular formula is C21H22N2O2. The Hall–Kier alpha value is -2.85. The van der Waals surface area contributed by atoms with Crippen LogP contribution < -0.4 is 10.6 Å². The average Bonchev–Trinajstić information content (AvgIpc) is 2.63. The number of hydrogen-bond acceptors (Lipinski definition) is 2. The highest BCUT2D eigenvalue weighted by Crippen LogP contribution is 2.25. The van der Waals surface area contributed by atoms with E-state index in [1.165, 1.54) is 0 Å². The molecule has 0 aliphatic carbocycles. The van der Waals surface area contributed by atoms with Gasteiger partial charge in [0, 0.05) is 12.2 Å². The van der Waals surface area contributed by atoms with Gasteiger partial charge in [-0.15, -0.1) is 0 Å². The van der Waals surface area contributed by atoms with E-state index in [0.717, 1.165) is 27.6 Å². The van der Waals surface area contributed by atoms with Crippen molar-refractivity contribution >= 4 is 22.5 Å². The molecule has 3 aromatic carbocycles. The highest BCUT2D eigenvalue weighted by molar-refractivity contribution is 5.89.